The molecule has 0 radical (unpaired) electrons. The number of benzene rings is 1. The molecule has 5 heteroatoms. The summed E-state index contributed by atoms with van der Waals surface area (Å²) in [4.78, 5) is 0. The van der Waals surface area contributed by atoms with Crippen LogP contribution in [0.2, 0.25) is 0 Å². The Bertz CT molecular complexity index is 349. The largest absolute Gasteiger partial charge is 0.497 e. The second kappa shape index (κ2) is 7.20. The predicted octanol–water partition coefficient (Wildman–Crippen LogP) is 1.63. The van der Waals surface area contributed by atoms with Crippen molar-refractivity contribution in [3.8, 4) is 11.5 Å². The summed E-state index contributed by atoms with van der Waals surface area (Å²) in [5.74, 6) is 7.09. The zero-order chi connectivity index (χ0) is 13.5. The monoisotopic (exact) mass is 254 g/mol. The SMILES string of the molecule is COc1cc(OC)cc(C(CC(C)OC)NN)c1. The summed E-state index contributed by atoms with van der Waals surface area (Å²) >= 11 is 0. The topological polar surface area (TPSA) is 65.7 Å². The Kier molecular flexibility index (Phi) is 5.91. The average Bonchev–Trinajstić information content (AvgIpc) is 2.43. The van der Waals surface area contributed by atoms with Crippen molar-refractivity contribution in [3.63, 3.8) is 0 Å². The van der Waals surface area contributed by atoms with Gasteiger partial charge in [0, 0.05) is 19.2 Å². The van der Waals surface area contributed by atoms with Crippen molar-refractivity contribution in [1.29, 1.82) is 0 Å². The van der Waals surface area contributed by atoms with E-state index in [1.54, 1.807) is 21.3 Å². The van der Waals surface area contributed by atoms with Gasteiger partial charge in [-0.2, -0.15) is 0 Å². The van der Waals surface area contributed by atoms with E-state index in [-0.39, 0.29) is 12.1 Å². The van der Waals surface area contributed by atoms with Gasteiger partial charge in [0.25, 0.3) is 0 Å². The highest BCUT2D eigenvalue weighted by Gasteiger charge is 2.15. The van der Waals surface area contributed by atoms with E-state index >= 15 is 0 Å². The first-order valence-corrected chi connectivity index (χ1v) is 5.86. The van der Waals surface area contributed by atoms with Gasteiger partial charge in [0.05, 0.1) is 20.3 Å². The molecule has 1 aromatic rings. The van der Waals surface area contributed by atoms with Gasteiger partial charge >= 0.3 is 0 Å². The van der Waals surface area contributed by atoms with E-state index in [0.717, 1.165) is 23.5 Å². The fourth-order valence-electron chi connectivity index (χ4n) is 1.76. The molecule has 0 saturated heterocycles. The maximum absolute atomic E-state index is 5.60. The van der Waals surface area contributed by atoms with Gasteiger partial charge in [-0.3, -0.25) is 11.3 Å². The molecule has 3 N–H and O–H groups in total. The van der Waals surface area contributed by atoms with E-state index < -0.39 is 0 Å². The van der Waals surface area contributed by atoms with Crippen LogP contribution in [0.5, 0.6) is 11.5 Å². The number of ether oxygens (including phenoxy) is 3. The zero-order valence-electron chi connectivity index (χ0n) is 11.4. The molecular formula is C13H22N2O3. The standard InChI is InChI=1S/C13H22N2O3/c1-9(16-2)5-13(15-14)10-6-11(17-3)8-12(7-10)18-4/h6-9,13,15H,5,14H2,1-4H3. The molecule has 0 aliphatic carbocycles. The van der Waals surface area contributed by atoms with Gasteiger partial charge in [0.15, 0.2) is 0 Å². The highest BCUT2D eigenvalue weighted by molar-refractivity contribution is 5.39. The van der Waals surface area contributed by atoms with E-state index in [1.165, 1.54) is 0 Å². The van der Waals surface area contributed by atoms with Crippen LogP contribution in [-0.2, 0) is 4.74 Å². The Morgan fingerprint density at radius 1 is 1.11 bits per heavy atom. The van der Waals surface area contributed by atoms with Crippen LogP contribution in [-0.4, -0.2) is 27.4 Å². The summed E-state index contributed by atoms with van der Waals surface area (Å²) in [6.07, 6.45) is 0.881. The molecule has 1 rings (SSSR count). The number of hydrogen-bond donors (Lipinski definition) is 2. The van der Waals surface area contributed by atoms with Crippen LogP contribution in [0, 0.1) is 0 Å². The second-order valence-electron chi connectivity index (χ2n) is 4.15. The van der Waals surface area contributed by atoms with Gasteiger partial charge in [-0.25, -0.2) is 0 Å². The van der Waals surface area contributed by atoms with Gasteiger partial charge in [0.2, 0.25) is 0 Å². The molecule has 0 aliphatic rings. The van der Waals surface area contributed by atoms with Crippen molar-refractivity contribution in [1.82, 2.24) is 5.43 Å². The molecule has 102 valence electrons. The maximum Gasteiger partial charge on any atom is 0.122 e. The fourth-order valence-corrected chi connectivity index (χ4v) is 1.76. The van der Waals surface area contributed by atoms with Gasteiger partial charge in [0.1, 0.15) is 11.5 Å². The van der Waals surface area contributed by atoms with Crippen LogP contribution in [0.4, 0.5) is 0 Å². The van der Waals surface area contributed by atoms with Crippen molar-refractivity contribution in [2.45, 2.75) is 25.5 Å². The Balaban J connectivity index is 2.96. The molecule has 0 heterocycles. The molecule has 2 unspecified atom stereocenters. The summed E-state index contributed by atoms with van der Waals surface area (Å²) in [6, 6.07) is 5.70. The minimum atomic E-state index is -0.0102. The Hall–Kier alpha value is -1.30. The molecule has 0 aliphatic heterocycles. The first-order valence-electron chi connectivity index (χ1n) is 5.86. The minimum Gasteiger partial charge on any atom is -0.497 e. The molecule has 0 aromatic heterocycles. The molecule has 0 amide bonds. The quantitative estimate of drug-likeness (QED) is 0.572. The summed E-state index contributed by atoms with van der Waals surface area (Å²) in [5, 5.41) is 0. The van der Waals surface area contributed by atoms with Crippen molar-refractivity contribution >= 4 is 0 Å². The number of hydrazine groups is 1. The minimum absolute atomic E-state index is 0.0102. The second-order valence-corrected chi connectivity index (χ2v) is 4.15. The van der Waals surface area contributed by atoms with E-state index in [9.17, 15) is 0 Å². The van der Waals surface area contributed by atoms with Crippen LogP contribution in [0.3, 0.4) is 0 Å². The molecule has 18 heavy (non-hydrogen) atoms. The van der Waals surface area contributed by atoms with Gasteiger partial charge < -0.3 is 14.2 Å². The lowest BCUT2D eigenvalue weighted by Crippen LogP contribution is -2.30. The smallest absolute Gasteiger partial charge is 0.122 e. The van der Waals surface area contributed by atoms with Crippen LogP contribution in [0.15, 0.2) is 18.2 Å². The van der Waals surface area contributed by atoms with Crippen molar-refractivity contribution in [3.05, 3.63) is 23.8 Å². The lowest BCUT2D eigenvalue weighted by Gasteiger charge is -2.21. The zero-order valence-corrected chi connectivity index (χ0v) is 11.4. The van der Waals surface area contributed by atoms with Gasteiger partial charge in [-0.05, 0) is 31.0 Å². The fraction of sp³-hybridized carbons (Fsp3) is 0.538. The average molecular weight is 254 g/mol. The van der Waals surface area contributed by atoms with Crippen molar-refractivity contribution < 1.29 is 14.2 Å². The molecule has 0 saturated carbocycles. The van der Waals surface area contributed by atoms with Gasteiger partial charge in [-0.15, -0.1) is 0 Å². The molecule has 1 aromatic carbocycles. The molecule has 0 bridgehead atoms. The number of rotatable bonds is 7. The van der Waals surface area contributed by atoms with E-state index in [4.69, 9.17) is 20.1 Å². The lowest BCUT2D eigenvalue weighted by atomic mass is 10.0. The lowest BCUT2D eigenvalue weighted by molar-refractivity contribution is 0.100. The van der Waals surface area contributed by atoms with Crippen LogP contribution < -0.4 is 20.7 Å². The van der Waals surface area contributed by atoms with E-state index in [2.05, 4.69) is 5.43 Å². The normalized spacial score (nSPS) is 14.1. The summed E-state index contributed by atoms with van der Waals surface area (Å²) in [6.45, 7) is 2.00. The third-order valence-electron chi connectivity index (χ3n) is 2.95. The molecule has 2 atom stereocenters. The van der Waals surface area contributed by atoms with Crippen LogP contribution >= 0.6 is 0 Å². The van der Waals surface area contributed by atoms with E-state index in [0.29, 0.717) is 0 Å². The Labute approximate surface area is 108 Å². The number of nitrogens with one attached hydrogen (secondary N) is 1. The highest BCUT2D eigenvalue weighted by Crippen LogP contribution is 2.28. The third kappa shape index (κ3) is 3.87. The summed E-state index contributed by atoms with van der Waals surface area (Å²) in [7, 11) is 4.94. The van der Waals surface area contributed by atoms with Crippen molar-refractivity contribution in [2.24, 2.45) is 5.84 Å². The van der Waals surface area contributed by atoms with Crippen LogP contribution in [0.1, 0.15) is 24.9 Å². The summed E-state index contributed by atoms with van der Waals surface area (Å²) in [5.41, 5.74) is 3.81. The summed E-state index contributed by atoms with van der Waals surface area (Å²) < 4.78 is 15.7. The highest BCUT2D eigenvalue weighted by atomic mass is 16.5. The number of nitrogens with two attached hydrogens (primary N) is 1. The molecule has 0 fully saturated rings. The first-order chi connectivity index (χ1) is 8.64. The molecule has 5 nitrogen and oxygen atoms in total. The Morgan fingerprint density at radius 2 is 1.67 bits per heavy atom. The molecular weight excluding hydrogens is 232 g/mol. The first kappa shape index (κ1) is 14.8. The maximum atomic E-state index is 5.60. The van der Waals surface area contributed by atoms with Gasteiger partial charge in [-0.1, -0.05) is 0 Å². The van der Waals surface area contributed by atoms with Crippen LogP contribution in [0.25, 0.3) is 0 Å². The third-order valence-corrected chi connectivity index (χ3v) is 2.95. The number of hydrogen-bond acceptors (Lipinski definition) is 5. The Morgan fingerprint density at radius 3 is 2.06 bits per heavy atom. The number of methoxy groups -OCH3 is 3. The predicted molar refractivity (Wildman–Crippen MR) is 70.7 cm³/mol. The van der Waals surface area contributed by atoms with Crippen molar-refractivity contribution in [2.75, 3.05) is 21.3 Å². The molecule has 0 spiro atoms. The van der Waals surface area contributed by atoms with E-state index in [1.807, 2.05) is 25.1 Å².